The lowest BCUT2D eigenvalue weighted by atomic mass is 9.84. The molecule has 1 aliphatic heterocycles. The predicted octanol–water partition coefficient (Wildman–Crippen LogP) is 5.77. The maximum atomic E-state index is 13.3. The third-order valence-electron chi connectivity index (χ3n) is 6.02. The second-order valence-electron chi connectivity index (χ2n) is 9.49. The van der Waals surface area contributed by atoms with Crippen LogP contribution in [0.15, 0.2) is 65.6 Å². The van der Waals surface area contributed by atoms with Crippen LogP contribution in [0.2, 0.25) is 0 Å². The Bertz CT molecular complexity index is 1270. The Hall–Kier alpha value is -3.58. The number of rotatable bonds is 6. The summed E-state index contributed by atoms with van der Waals surface area (Å²) in [6, 6.07) is 14.7. The van der Waals surface area contributed by atoms with Crippen LogP contribution in [0.25, 0.3) is 5.76 Å². The molecule has 2 heterocycles. The van der Waals surface area contributed by atoms with Crippen molar-refractivity contribution in [3.8, 4) is 11.5 Å². The molecular formula is C28H29NO5S. The maximum absolute atomic E-state index is 13.3. The van der Waals surface area contributed by atoms with Crippen molar-refractivity contribution in [2.45, 2.75) is 45.7 Å². The molecule has 7 heteroatoms. The maximum Gasteiger partial charge on any atom is 0.295 e. The number of ketones is 1. The number of Topliss-reactive ketones (excluding diaryl/α,β-unsaturated/α-hetero) is 1. The van der Waals surface area contributed by atoms with Gasteiger partial charge < -0.3 is 19.8 Å². The number of ether oxygens (including phenoxy) is 1. The summed E-state index contributed by atoms with van der Waals surface area (Å²) in [6.07, 6.45) is 0. The summed E-state index contributed by atoms with van der Waals surface area (Å²) >= 11 is 1.49. The molecule has 1 unspecified atom stereocenters. The van der Waals surface area contributed by atoms with E-state index in [0.29, 0.717) is 23.5 Å². The SMILES string of the molecule is CCOc1ccc(/C(O)=C2/C(=O)C(=O)N(Cc3cccs3)C2c2ccc(O)cc2)cc1C(C)(C)C. The number of aliphatic hydroxyl groups excluding tert-OH is 1. The second-order valence-corrected chi connectivity index (χ2v) is 10.5. The fourth-order valence-corrected chi connectivity index (χ4v) is 5.02. The van der Waals surface area contributed by atoms with Crippen molar-refractivity contribution in [2.24, 2.45) is 0 Å². The average Bonchev–Trinajstić information content (AvgIpc) is 3.41. The van der Waals surface area contributed by atoms with Crippen LogP contribution in [0.3, 0.4) is 0 Å². The molecule has 1 aliphatic rings. The van der Waals surface area contributed by atoms with E-state index in [9.17, 15) is 19.8 Å². The molecule has 1 amide bonds. The summed E-state index contributed by atoms with van der Waals surface area (Å²) in [5, 5.41) is 23.1. The number of carbonyl (C=O) groups is 2. The van der Waals surface area contributed by atoms with Gasteiger partial charge in [0.25, 0.3) is 11.7 Å². The molecule has 4 rings (SSSR count). The van der Waals surface area contributed by atoms with E-state index in [1.807, 2.05) is 51.3 Å². The van der Waals surface area contributed by atoms with Crippen LogP contribution in [0.4, 0.5) is 0 Å². The van der Waals surface area contributed by atoms with Gasteiger partial charge in [-0.15, -0.1) is 11.3 Å². The number of phenolic OH excluding ortho intramolecular Hbond substituents is 1. The zero-order valence-corrected chi connectivity index (χ0v) is 21.1. The Morgan fingerprint density at radius 2 is 1.80 bits per heavy atom. The number of benzene rings is 2. The van der Waals surface area contributed by atoms with Gasteiger partial charge in [-0.3, -0.25) is 9.59 Å². The van der Waals surface area contributed by atoms with E-state index in [2.05, 4.69) is 0 Å². The Kier molecular flexibility index (Phi) is 6.72. The fourth-order valence-electron chi connectivity index (χ4n) is 4.32. The lowest BCUT2D eigenvalue weighted by Crippen LogP contribution is -2.28. The number of thiophene rings is 1. The van der Waals surface area contributed by atoms with Gasteiger partial charge in [-0.25, -0.2) is 0 Å². The monoisotopic (exact) mass is 491 g/mol. The Morgan fingerprint density at radius 3 is 2.40 bits per heavy atom. The third-order valence-corrected chi connectivity index (χ3v) is 6.88. The number of nitrogens with zero attached hydrogens (tertiary/aromatic N) is 1. The molecule has 0 saturated carbocycles. The first kappa shape index (κ1) is 24.5. The van der Waals surface area contributed by atoms with Crippen LogP contribution in [-0.2, 0) is 21.5 Å². The molecule has 0 spiro atoms. The number of amides is 1. The van der Waals surface area contributed by atoms with Gasteiger partial charge in [-0.05, 0) is 59.7 Å². The molecule has 0 aliphatic carbocycles. The quantitative estimate of drug-likeness (QED) is 0.260. The van der Waals surface area contributed by atoms with Crippen LogP contribution in [0, 0.1) is 0 Å². The molecule has 1 atom stereocenters. The fraction of sp³-hybridized carbons (Fsp3) is 0.286. The van der Waals surface area contributed by atoms with Crippen LogP contribution in [0.5, 0.6) is 11.5 Å². The van der Waals surface area contributed by atoms with Gasteiger partial charge in [0, 0.05) is 16.0 Å². The van der Waals surface area contributed by atoms with Crippen molar-refractivity contribution in [1.82, 2.24) is 4.90 Å². The number of carbonyl (C=O) groups excluding carboxylic acids is 2. The van der Waals surface area contributed by atoms with Crippen molar-refractivity contribution in [3.63, 3.8) is 0 Å². The Balaban J connectivity index is 1.88. The van der Waals surface area contributed by atoms with Crippen molar-refractivity contribution in [2.75, 3.05) is 6.61 Å². The lowest BCUT2D eigenvalue weighted by Gasteiger charge is -2.26. The van der Waals surface area contributed by atoms with E-state index in [1.54, 1.807) is 24.3 Å². The molecule has 3 aromatic rings. The van der Waals surface area contributed by atoms with Gasteiger partial charge in [0.15, 0.2) is 0 Å². The molecule has 0 bridgehead atoms. The van der Waals surface area contributed by atoms with Crippen LogP contribution >= 0.6 is 11.3 Å². The minimum atomic E-state index is -0.789. The molecule has 1 aromatic heterocycles. The predicted molar refractivity (Wildman–Crippen MR) is 137 cm³/mol. The van der Waals surface area contributed by atoms with Gasteiger partial charge in [-0.1, -0.05) is 39.0 Å². The lowest BCUT2D eigenvalue weighted by molar-refractivity contribution is -0.140. The third kappa shape index (κ3) is 4.82. The highest BCUT2D eigenvalue weighted by Gasteiger charge is 2.46. The first-order chi connectivity index (χ1) is 16.6. The molecule has 6 nitrogen and oxygen atoms in total. The first-order valence-corrected chi connectivity index (χ1v) is 12.4. The molecular weight excluding hydrogens is 462 g/mol. The van der Waals surface area contributed by atoms with E-state index in [0.717, 1.165) is 10.4 Å². The number of hydrogen-bond acceptors (Lipinski definition) is 6. The molecule has 35 heavy (non-hydrogen) atoms. The summed E-state index contributed by atoms with van der Waals surface area (Å²) in [5.74, 6) is -0.845. The van der Waals surface area contributed by atoms with Crippen molar-refractivity contribution < 1.29 is 24.5 Å². The molecule has 1 saturated heterocycles. The number of aliphatic hydroxyl groups is 1. The minimum absolute atomic E-state index is 0.0289. The van der Waals surface area contributed by atoms with Gasteiger partial charge in [0.05, 0.1) is 24.8 Å². The average molecular weight is 492 g/mol. The van der Waals surface area contributed by atoms with Crippen molar-refractivity contribution in [3.05, 3.63) is 87.1 Å². The van der Waals surface area contributed by atoms with Gasteiger partial charge in [0.2, 0.25) is 0 Å². The van der Waals surface area contributed by atoms with Crippen molar-refractivity contribution in [1.29, 1.82) is 0 Å². The number of phenols is 1. The largest absolute Gasteiger partial charge is 0.508 e. The van der Waals surface area contributed by atoms with E-state index in [1.165, 1.54) is 28.4 Å². The topological polar surface area (TPSA) is 87.1 Å². The van der Waals surface area contributed by atoms with E-state index >= 15 is 0 Å². The highest BCUT2D eigenvalue weighted by molar-refractivity contribution is 7.09. The summed E-state index contributed by atoms with van der Waals surface area (Å²) in [5.41, 5.74) is 1.71. The zero-order valence-electron chi connectivity index (χ0n) is 20.2. The molecule has 2 aromatic carbocycles. The summed E-state index contributed by atoms with van der Waals surface area (Å²) in [7, 11) is 0. The van der Waals surface area contributed by atoms with Crippen LogP contribution in [-0.4, -0.2) is 33.4 Å². The highest BCUT2D eigenvalue weighted by Crippen LogP contribution is 2.42. The number of aromatic hydroxyl groups is 1. The van der Waals surface area contributed by atoms with Gasteiger partial charge in [0.1, 0.15) is 17.3 Å². The molecule has 182 valence electrons. The number of likely N-dealkylation sites (tertiary alicyclic amines) is 1. The van der Waals surface area contributed by atoms with E-state index < -0.39 is 17.7 Å². The van der Waals surface area contributed by atoms with Gasteiger partial charge in [-0.2, -0.15) is 0 Å². The summed E-state index contributed by atoms with van der Waals surface area (Å²) in [6.45, 7) is 8.79. The number of hydrogen-bond donors (Lipinski definition) is 2. The van der Waals surface area contributed by atoms with Crippen LogP contribution < -0.4 is 4.74 Å². The van der Waals surface area contributed by atoms with Crippen molar-refractivity contribution >= 4 is 28.8 Å². The normalized spacial score (nSPS) is 17.7. The Labute approximate surface area is 209 Å². The van der Waals surface area contributed by atoms with E-state index in [-0.39, 0.29) is 29.0 Å². The standard InChI is InChI=1S/C28H29NO5S/c1-5-34-22-13-10-18(15-21(22)28(2,3)4)25(31)23-24(17-8-11-19(30)12-9-17)29(27(33)26(23)32)16-20-7-6-14-35-20/h6-15,24,30-31H,5,16H2,1-4H3/b25-23-. The zero-order chi connectivity index (χ0) is 25.3. The molecule has 0 radical (unpaired) electrons. The van der Waals surface area contributed by atoms with E-state index in [4.69, 9.17) is 4.74 Å². The molecule has 1 fully saturated rings. The highest BCUT2D eigenvalue weighted by atomic mass is 32.1. The first-order valence-electron chi connectivity index (χ1n) is 11.5. The summed E-state index contributed by atoms with van der Waals surface area (Å²) < 4.78 is 5.79. The Morgan fingerprint density at radius 1 is 1.09 bits per heavy atom. The smallest absolute Gasteiger partial charge is 0.295 e. The minimum Gasteiger partial charge on any atom is -0.508 e. The molecule has 2 N–H and O–H groups in total. The summed E-state index contributed by atoms with van der Waals surface area (Å²) in [4.78, 5) is 28.8. The van der Waals surface area contributed by atoms with Crippen LogP contribution in [0.1, 0.15) is 55.3 Å². The second kappa shape index (κ2) is 9.58. The van der Waals surface area contributed by atoms with Gasteiger partial charge >= 0.3 is 0 Å².